The van der Waals surface area contributed by atoms with Gasteiger partial charge >= 0.3 is 5.97 Å². The molecule has 3 rings (SSSR count). The molecule has 3 amide bonds. The van der Waals surface area contributed by atoms with Crippen LogP contribution < -0.4 is 14.8 Å². The van der Waals surface area contributed by atoms with Crippen LogP contribution in [0.3, 0.4) is 0 Å². The van der Waals surface area contributed by atoms with Crippen LogP contribution in [0.1, 0.15) is 19.4 Å². The first-order valence-electron chi connectivity index (χ1n) is 10.6. The highest BCUT2D eigenvalue weighted by atomic mass is 79.9. The van der Waals surface area contributed by atoms with Crippen molar-refractivity contribution in [2.75, 3.05) is 25.6 Å². The summed E-state index contributed by atoms with van der Waals surface area (Å²) in [6, 6.07) is 9.67. The molecule has 0 spiro atoms. The van der Waals surface area contributed by atoms with Gasteiger partial charge < -0.3 is 19.5 Å². The van der Waals surface area contributed by atoms with E-state index in [0.29, 0.717) is 32.2 Å². The average molecular weight is 598 g/mol. The summed E-state index contributed by atoms with van der Waals surface area (Å²) in [7, 11) is 1.43. The Kier molecular flexibility index (Phi) is 9.41. The fourth-order valence-electron chi connectivity index (χ4n) is 3.03. The van der Waals surface area contributed by atoms with Crippen molar-refractivity contribution < 1.29 is 33.4 Å². The molecule has 0 aromatic heterocycles. The highest BCUT2D eigenvalue weighted by Crippen LogP contribution is 2.34. The molecule has 0 atom stereocenters. The van der Waals surface area contributed by atoms with Gasteiger partial charge in [0.25, 0.3) is 11.1 Å². The number of thioether (sulfide) groups is 1. The first-order valence-corrected chi connectivity index (χ1v) is 12.6. The van der Waals surface area contributed by atoms with Crippen LogP contribution in [0.25, 0.3) is 6.08 Å². The average Bonchev–Trinajstić information content (AvgIpc) is 3.07. The van der Waals surface area contributed by atoms with Gasteiger partial charge in [-0.2, -0.15) is 0 Å². The molecule has 1 heterocycles. The number of hydrogen-bond donors (Lipinski definition) is 1. The SMILES string of the molecule is COc1cc(/C=C2\SC(=O)N(CC(=O)Nc3ccc(Br)c(Cl)c3)C2=O)ccc1OCC(=O)OC(C)C. The van der Waals surface area contributed by atoms with Gasteiger partial charge in [0.1, 0.15) is 6.54 Å². The summed E-state index contributed by atoms with van der Waals surface area (Å²) in [6.07, 6.45) is 1.25. The first kappa shape index (κ1) is 27.6. The number of halogens is 2. The molecular formula is C24H22BrClN2O7S. The van der Waals surface area contributed by atoms with Crippen molar-refractivity contribution >= 4 is 74.1 Å². The van der Waals surface area contributed by atoms with Crippen molar-refractivity contribution in [3.63, 3.8) is 0 Å². The Labute approximate surface area is 225 Å². The third-order valence-corrected chi connectivity index (χ3v) is 6.72. The van der Waals surface area contributed by atoms with Gasteiger partial charge in [-0.15, -0.1) is 0 Å². The number of nitrogens with one attached hydrogen (secondary N) is 1. The fourth-order valence-corrected chi connectivity index (χ4v) is 4.30. The molecule has 1 aliphatic heterocycles. The lowest BCUT2D eigenvalue weighted by molar-refractivity contribution is -0.149. The maximum Gasteiger partial charge on any atom is 0.344 e. The molecule has 190 valence electrons. The number of benzene rings is 2. The van der Waals surface area contributed by atoms with Gasteiger partial charge in [0.15, 0.2) is 18.1 Å². The molecule has 1 saturated heterocycles. The molecule has 1 N–H and O–H groups in total. The molecule has 2 aromatic carbocycles. The number of carbonyl (C=O) groups excluding carboxylic acids is 4. The molecular weight excluding hydrogens is 576 g/mol. The lowest BCUT2D eigenvalue weighted by atomic mass is 10.2. The topological polar surface area (TPSA) is 111 Å². The van der Waals surface area contributed by atoms with Gasteiger partial charge in [0.2, 0.25) is 5.91 Å². The van der Waals surface area contributed by atoms with Gasteiger partial charge in [-0.25, -0.2) is 4.79 Å². The van der Waals surface area contributed by atoms with Crippen LogP contribution in [0.4, 0.5) is 10.5 Å². The molecule has 0 saturated carbocycles. The zero-order chi connectivity index (χ0) is 26.4. The Balaban J connectivity index is 1.66. The molecule has 1 fully saturated rings. The molecule has 0 unspecified atom stereocenters. The first-order chi connectivity index (χ1) is 17.1. The number of imide groups is 1. The Hall–Kier alpha value is -3.02. The van der Waals surface area contributed by atoms with E-state index in [1.807, 2.05) is 0 Å². The molecule has 0 bridgehead atoms. The predicted molar refractivity (Wildman–Crippen MR) is 140 cm³/mol. The number of methoxy groups -OCH3 is 1. The lowest BCUT2D eigenvalue weighted by Crippen LogP contribution is -2.36. The van der Waals surface area contributed by atoms with Crippen LogP contribution in [0.5, 0.6) is 11.5 Å². The van der Waals surface area contributed by atoms with E-state index >= 15 is 0 Å². The van der Waals surface area contributed by atoms with E-state index in [-0.39, 0.29) is 17.6 Å². The second kappa shape index (κ2) is 12.3. The summed E-state index contributed by atoms with van der Waals surface area (Å²) in [5.74, 6) is -1.01. The van der Waals surface area contributed by atoms with E-state index in [4.69, 9.17) is 25.8 Å². The fraction of sp³-hybridized carbons (Fsp3) is 0.250. The molecule has 2 aromatic rings. The Morgan fingerprint density at radius 2 is 1.92 bits per heavy atom. The minimum Gasteiger partial charge on any atom is -0.493 e. The highest BCUT2D eigenvalue weighted by molar-refractivity contribution is 9.10. The van der Waals surface area contributed by atoms with Gasteiger partial charge in [-0.05, 0) is 83.5 Å². The van der Waals surface area contributed by atoms with E-state index < -0.39 is 29.6 Å². The summed E-state index contributed by atoms with van der Waals surface area (Å²) in [5.41, 5.74) is 0.992. The van der Waals surface area contributed by atoms with Crippen LogP contribution in [0.2, 0.25) is 5.02 Å². The maximum atomic E-state index is 12.8. The van der Waals surface area contributed by atoms with Gasteiger partial charge in [-0.3, -0.25) is 19.3 Å². The summed E-state index contributed by atoms with van der Waals surface area (Å²) in [6.45, 7) is 2.74. The summed E-state index contributed by atoms with van der Waals surface area (Å²) >= 11 is 10.0. The van der Waals surface area contributed by atoms with E-state index in [1.54, 1.807) is 50.2 Å². The van der Waals surface area contributed by atoms with Crippen LogP contribution in [0, 0.1) is 0 Å². The molecule has 12 heteroatoms. The Bertz CT molecular complexity index is 1230. The summed E-state index contributed by atoms with van der Waals surface area (Å²) in [4.78, 5) is 50.3. The van der Waals surface area contributed by atoms with Crippen LogP contribution in [0.15, 0.2) is 45.8 Å². The predicted octanol–water partition coefficient (Wildman–Crippen LogP) is 5.12. The zero-order valence-corrected chi connectivity index (χ0v) is 22.7. The van der Waals surface area contributed by atoms with Crippen molar-refractivity contribution in [2.45, 2.75) is 20.0 Å². The van der Waals surface area contributed by atoms with Crippen molar-refractivity contribution in [3.8, 4) is 11.5 Å². The minimum atomic E-state index is -0.593. The van der Waals surface area contributed by atoms with Crippen LogP contribution in [-0.4, -0.2) is 54.3 Å². The second-order valence-electron chi connectivity index (χ2n) is 7.68. The molecule has 0 radical (unpaired) electrons. The van der Waals surface area contributed by atoms with Crippen LogP contribution >= 0.6 is 39.3 Å². The van der Waals surface area contributed by atoms with Crippen LogP contribution in [-0.2, 0) is 19.1 Å². The Morgan fingerprint density at radius 3 is 2.58 bits per heavy atom. The van der Waals surface area contributed by atoms with Crippen molar-refractivity contribution in [1.29, 1.82) is 0 Å². The van der Waals surface area contributed by atoms with E-state index in [2.05, 4.69) is 21.2 Å². The number of ether oxygens (including phenoxy) is 3. The normalized spacial score (nSPS) is 14.4. The van der Waals surface area contributed by atoms with Crippen molar-refractivity contribution in [1.82, 2.24) is 4.90 Å². The van der Waals surface area contributed by atoms with Gasteiger partial charge in [0.05, 0.1) is 23.1 Å². The molecule has 36 heavy (non-hydrogen) atoms. The summed E-state index contributed by atoms with van der Waals surface area (Å²) < 4.78 is 16.5. The van der Waals surface area contributed by atoms with E-state index in [1.165, 1.54) is 13.2 Å². The minimum absolute atomic E-state index is 0.149. The number of carbonyl (C=O) groups is 4. The van der Waals surface area contributed by atoms with Gasteiger partial charge in [0, 0.05) is 10.2 Å². The van der Waals surface area contributed by atoms with E-state index in [9.17, 15) is 19.2 Å². The third-order valence-electron chi connectivity index (χ3n) is 4.58. The standard InChI is InChI=1S/C24H22BrClN2O7S/c1-13(2)35-22(30)12-34-18-7-4-14(8-19(18)33-3)9-20-23(31)28(24(32)36-20)11-21(29)27-15-5-6-16(25)17(26)10-15/h4-10,13H,11-12H2,1-3H3,(H,27,29)/b20-9-. The van der Waals surface area contributed by atoms with Crippen molar-refractivity contribution in [3.05, 3.63) is 56.4 Å². The largest absolute Gasteiger partial charge is 0.493 e. The lowest BCUT2D eigenvalue weighted by Gasteiger charge is -2.13. The molecule has 9 nitrogen and oxygen atoms in total. The molecule has 1 aliphatic rings. The number of anilines is 1. The Morgan fingerprint density at radius 1 is 1.17 bits per heavy atom. The smallest absolute Gasteiger partial charge is 0.344 e. The monoisotopic (exact) mass is 596 g/mol. The zero-order valence-electron chi connectivity index (χ0n) is 19.5. The highest BCUT2D eigenvalue weighted by Gasteiger charge is 2.36. The summed E-state index contributed by atoms with van der Waals surface area (Å²) in [5, 5.41) is 2.45. The quantitative estimate of drug-likeness (QED) is 0.313. The van der Waals surface area contributed by atoms with E-state index in [0.717, 1.165) is 16.7 Å². The second-order valence-corrected chi connectivity index (χ2v) is 9.94. The number of esters is 1. The van der Waals surface area contributed by atoms with Gasteiger partial charge in [-0.1, -0.05) is 17.7 Å². The van der Waals surface area contributed by atoms with Crippen molar-refractivity contribution in [2.24, 2.45) is 0 Å². The number of nitrogens with zero attached hydrogens (tertiary/aromatic N) is 1. The number of hydrogen-bond acceptors (Lipinski definition) is 8. The third kappa shape index (κ3) is 7.25. The maximum absolute atomic E-state index is 12.8. The number of amides is 3. The molecule has 0 aliphatic carbocycles. The number of rotatable bonds is 9.